The Kier molecular flexibility index (Phi) is 3.90. The van der Waals surface area contributed by atoms with Gasteiger partial charge in [0.25, 0.3) is 0 Å². The molecule has 100 valence electrons. The molecule has 0 radical (unpaired) electrons. The lowest BCUT2D eigenvalue weighted by Crippen LogP contribution is -1.96. The summed E-state index contributed by atoms with van der Waals surface area (Å²) in [5.74, 6) is -0.471. The van der Waals surface area contributed by atoms with Crippen molar-refractivity contribution >= 4 is 21.9 Å². The van der Waals surface area contributed by atoms with Crippen molar-refractivity contribution in [2.24, 2.45) is 0 Å². The van der Waals surface area contributed by atoms with Crippen molar-refractivity contribution in [3.05, 3.63) is 51.6 Å². The molecule has 0 amide bonds. The third kappa shape index (κ3) is 3.14. The number of hydrogen-bond donors (Lipinski definition) is 1. The van der Waals surface area contributed by atoms with Crippen LogP contribution < -0.4 is 4.74 Å². The molecule has 0 aliphatic carbocycles. The Labute approximate surface area is 116 Å². The van der Waals surface area contributed by atoms with Gasteiger partial charge in [0.2, 0.25) is 0 Å². The van der Waals surface area contributed by atoms with Gasteiger partial charge in [0, 0.05) is 6.07 Å². The highest BCUT2D eigenvalue weighted by Crippen LogP contribution is 2.26. The van der Waals surface area contributed by atoms with Gasteiger partial charge in [-0.25, -0.2) is 9.18 Å². The van der Waals surface area contributed by atoms with E-state index in [2.05, 4.69) is 15.9 Å². The van der Waals surface area contributed by atoms with E-state index in [-0.39, 0.29) is 12.2 Å². The molecule has 0 fully saturated rings. The normalized spacial score (nSPS) is 10.5. The average Bonchev–Trinajstić information content (AvgIpc) is 2.72. The molecule has 6 heteroatoms. The molecular weight excluding hydrogens is 319 g/mol. The molecule has 0 aliphatic rings. The number of halogens is 2. The second-order valence-electron chi connectivity index (χ2n) is 3.85. The van der Waals surface area contributed by atoms with Crippen LogP contribution in [0.25, 0.3) is 0 Å². The molecule has 0 saturated heterocycles. The number of carboxylic acids is 1. The van der Waals surface area contributed by atoms with E-state index in [1.807, 2.05) is 0 Å². The number of furan rings is 1. The zero-order valence-corrected chi connectivity index (χ0v) is 11.5. The summed E-state index contributed by atoms with van der Waals surface area (Å²) in [5, 5.41) is 8.89. The smallest absolute Gasteiger partial charge is 0.339 e. The van der Waals surface area contributed by atoms with Crippen LogP contribution in [0.4, 0.5) is 4.39 Å². The van der Waals surface area contributed by atoms with E-state index in [9.17, 15) is 9.18 Å². The van der Waals surface area contributed by atoms with Crippen LogP contribution in [0, 0.1) is 12.7 Å². The van der Waals surface area contributed by atoms with Gasteiger partial charge < -0.3 is 14.3 Å². The van der Waals surface area contributed by atoms with E-state index < -0.39 is 11.8 Å². The molecule has 0 bridgehead atoms. The number of hydrogen-bond acceptors (Lipinski definition) is 3. The van der Waals surface area contributed by atoms with Gasteiger partial charge in [0.1, 0.15) is 35.3 Å². The van der Waals surface area contributed by atoms with Gasteiger partial charge in [-0.05, 0) is 41.1 Å². The molecule has 1 N–H and O–H groups in total. The van der Waals surface area contributed by atoms with Gasteiger partial charge in [-0.2, -0.15) is 0 Å². The first-order chi connectivity index (χ1) is 8.97. The number of carbonyl (C=O) groups is 1. The quantitative estimate of drug-likeness (QED) is 0.928. The second-order valence-corrected chi connectivity index (χ2v) is 4.71. The maximum absolute atomic E-state index is 13.0. The third-order valence-corrected chi connectivity index (χ3v) is 3.12. The van der Waals surface area contributed by atoms with Gasteiger partial charge in [-0.3, -0.25) is 0 Å². The minimum atomic E-state index is -1.06. The van der Waals surface area contributed by atoms with E-state index in [1.165, 1.54) is 24.3 Å². The van der Waals surface area contributed by atoms with Crippen molar-refractivity contribution in [1.29, 1.82) is 0 Å². The van der Waals surface area contributed by atoms with E-state index >= 15 is 0 Å². The maximum Gasteiger partial charge on any atom is 0.339 e. The summed E-state index contributed by atoms with van der Waals surface area (Å²) in [6.45, 7) is 1.58. The largest absolute Gasteiger partial charge is 0.484 e. The van der Waals surface area contributed by atoms with Gasteiger partial charge in [0.05, 0.1) is 4.47 Å². The van der Waals surface area contributed by atoms with Crippen LogP contribution in [0.15, 0.2) is 33.2 Å². The lowest BCUT2D eigenvalue weighted by atomic mass is 10.2. The molecule has 1 aromatic heterocycles. The Bertz CT molecular complexity index is 621. The molecule has 0 atom stereocenters. The van der Waals surface area contributed by atoms with Crippen molar-refractivity contribution in [3.8, 4) is 5.75 Å². The van der Waals surface area contributed by atoms with Crippen LogP contribution in [0.3, 0.4) is 0 Å². The summed E-state index contributed by atoms with van der Waals surface area (Å²) in [6, 6.07) is 5.46. The summed E-state index contributed by atoms with van der Waals surface area (Å²) in [5.41, 5.74) is 0.0944. The molecule has 0 spiro atoms. The summed E-state index contributed by atoms with van der Waals surface area (Å²) in [6.07, 6.45) is 0. The molecule has 2 aromatic rings. The maximum atomic E-state index is 13.0. The first-order valence-electron chi connectivity index (χ1n) is 5.38. The fraction of sp³-hybridized carbons (Fsp3) is 0.154. The van der Waals surface area contributed by atoms with Crippen molar-refractivity contribution in [2.45, 2.75) is 13.5 Å². The molecule has 0 aliphatic heterocycles. The SMILES string of the molecule is Cc1oc(COc2cc(F)ccc2Br)cc1C(=O)O. The van der Waals surface area contributed by atoms with Crippen molar-refractivity contribution in [1.82, 2.24) is 0 Å². The summed E-state index contributed by atoms with van der Waals surface area (Å²) in [4.78, 5) is 10.9. The minimum absolute atomic E-state index is 0.0240. The van der Waals surface area contributed by atoms with Crippen LogP contribution >= 0.6 is 15.9 Å². The van der Waals surface area contributed by atoms with E-state index in [1.54, 1.807) is 6.92 Å². The van der Waals surface area contributed by atoms with Crippen LogP contribution in [0.2, 0.25) is 0 Å². The first-order valence-corrected chi connectivity index (χ1v) is 6.17. The van der Waals surface area contributed by atoms with E-state index in [0.29, 0.717) is 21.7 Å². The zero-order valence-electron chi connectivity index (χ0n) is 9.94. The molecule has 2 rings (SSSR count). The van der Waals surface area contributed by atoms with Crippen LogP contribution in [0.5, 0.6) is 5.75 Å². The Morgan fingerprint density at radius 1 is 1.47 bits per heavy atom. The Morgan fingerprint density at radius 3 is 2.84 bits per heavy atom. The predicted octanol–water partition coefficient (Wildman–Crippen LogP) is 3.77. The Morgan fingerprint density at radius 2 is 2.21 bits per heavy atom. The van der Waals surface area contributed by atoms with Crippen LogP contribution in [0.1, 0.15) is 21.9 Å². The van der Waals surface area contributed by atoms with Gasteiger partial charge in [-0.15, -0.1) is 0 Å². The van der Waals surface area contributed by atoms with Gasteiger partial charge >= 0.3 is 5.97 Å². The Balaban J connectivity index is 2.12. The topological polar surface area (TPSA) is 59.7 Å². The molecule has 1 heterocycles. The second kappa shape index (κ2) is 5.44. The van der Waals surface area contributed by atoms with Crippen LogP contribution in [-0.4, -0.2) is 11.1 Å². The van der Waals surface area contributed by atoms with Crippen LogP contribution in [-0.2, 0) is 6.61 Å². The first kappa shape index (κ1) is 13.6. The molecular formula is C13H10BrFO4. The Hall–Kier alpha value is -1.82. The highest BCUT2D eigenvalue weighted by atomic mass is 79.9. The summed E-state index contributed by atoms with van der Waals surface area (Å²) < 4.78 is 24.3. The molecule has 4 nitrogen and oxygen atoms in total. The number of aromatic carboxylic acids is 1. The summed E-state index contributed by atoms with van der Waals surface area (Å²) >= 11 is 3.23. The molecule has 19 heavy (non-hydrogen) atoms. The predicted molar refractivity (Wildman–Crippen MR) is 68.8 cm³/mol. The molecule has 0 unspecified atom stereocenters. The number of rotatable bonds is 4. The van der Waals surface area contributed by atoms with Gasteiger partial charge in [-0.1, -0.05) is 0 Å². The zero-order chi connectivity index (χ0) is 14.0. The van der Waals surface area contributed by atoms with E-state index in [4.69, 9.17) is 14.3 Å². The lowest BCUT2D eigenvalue weighted by Gasteiger charge is -2.06. The number of ether oxygens (including phenoxy) is 1. The fourth-order valence-corrected chi connectivity index (χ4v) is 1.92. The monoisotopic (exact) mass is 328 g/mol. The number of benzene rings is 1. The molecule has 1 aromatic carbocycles. The highest BCUT2D eigenvalue weighted by molar-refractivity contribution is 9.10. The third-order valence-electron chi connectivity index (χ3n) is 2.46. The minimum Gasteiger partial charge on any atom is -0.484 e. The standard InChI is InChI=1S/C13H10BrFO4/c1-7-10(13(16)17)5-9(19-7)6-18-12-4-8(15)2-3-11(12)14/h2-5H,6H2,1H3,(H,16,17). The number of carboxylic acid groups (broad SMARTS) is 1. The number of aryl methyl sites for hydroxylation is 1. The van der Waals surface area contributed by atoms with Crippen molar-refractivity contribution < 1.29 is 23.4 Å². The lowest BCUT2D eigenvalue weighted by molar-refractivity contribution is 0.0695. The summed E-state index contributed by atoms with van der Waals surface area (Å²) in [7, 11) is 0. The van der Waals surface area contributed by atoms with Crippen molar-refractivity contribution in [3.63, 3.8) is 0 Å². The van der Waals surface area contributed by atoms with Gasteiger partial charge in [0.15, 0.2) is 0 Å². The van der Waals surface area contributed by atoms with Crippen molar-refractivity contribution in [2.75, 3.05) is 0 Å². The average molecular weight is 329 g/mol. The fourth-order valence-electron chi connectivity index (χ4n) is 1.56. The van der Waals surface area contributed by atoms with E-state index in [0.717, 1.165) is 0 Å². The highest BCUT2D eigenvalue weighted by Gasteiger charge is 2.14. The molecule has 0 saturated carbocycles.